The van der Waals surface area contributed by atoms with Crippen LogP contribution >= 0.6 is 0 Å². The normalized spacial score (nSPS) is 17.3. The molecule has 0 aliphatic rings. The molecular formula is C21H48O3Si2. The van der Waals surface area contributed by atoms with E-state index in [1.165, 1.54) is 0 Å². The summed E-state index contributed by atoms with van der Waals surface area (Å²) in [7, 11) is -3.69. The van der Waals surface area contributed by atoms with E-state index in [0.29, 0.717) is 6.61 Å². The van der Waals surface area contributed by atoms with E-state index in [0.717, 1.165) is 12.8 Å². The molecule has 0 unspecified atom stereocenters. The van der Waals surface area contributed by atoms with E-state index in [-0.39, 0.29) is 27.7 Å². The van der Waals surface area contributed by atoms with Crippen LogP contribution in [-0.4, -0.2) is 40.6 Å². The Bertz CT molecular complexity index is 432. The van der Waals surface area contributed by atoms with Gasteiger partial charge in [0.15, 0.2) is 16.6 Å². The Morgan fingerprint density at radius 2 is 1.23 bits per heavy atom. The largest absolute Gasteiger partial charge is 0.417 e. The first kappa shape index (κ1) is 26.3. The first-order chi connectivity index (χ1) is 11.3. The van der Waals surface area contributed by atoms with Crippen LogP contribution in [0.15, 0.2) is 0 Å². The maximum absolute atomic E-state index is 10.6. The smallest absolute Gasteiger partial charge is 0.192 e. The van der Waals surface area contributed by atoms with E-state index >= 15 is 0 Å². The summed E-state index contributed by atoms with van der Waals surface area (Å²) >= 11 is 0. The molecule has 3 nitrogen and oxygen atoms in total. The van der Waals surface area contributed by atoms with Gasteiger partial charge in [-0.15, -0.1) is 0 Å². The molecule has 0 amide bonds. The molecule has 26 heavy (non-hydrogen) atoms. The molecule has 158 valence electrons. The van der Waals surface area contributed by atoms with E-state index < -0.39 is 16.6 Å². The number of hydrogen-bond donors (Lipinski definition) is 1. The lowest BCUT2D eigenvalue weighted by Crippen LogP contribution is -2.51. The maximum Gasteiger partial charge on any atom is 0.192 e. The Hall–Kier alpha value is 0.314. The summed E-state index contributed by atoms with van der Waals surface area (Å²) in [6, 6.07) is 0. The lowest BCUT2D eigenvalue weighted by Gasteiger charge is -2.46. The Morgan fingerprint density at radius 3 is 1.58 bits per heavy atom. The third-order valence-electron chi connectivity index (χ3n) is 6.97. The topological polar surface area (TPSA) is 38.7 Å². The summed E-state index contributed by atoms with van der Waals surface area (Å²) in [5.74, 6) is 0. The molecule has 0 bridgehead atoms. The van der Waals surface area contributed by atoms with Gasteiger partial charge in [-0.05, 0) is 49.1 Å². The summed E-state index contributed by atoms with van der Waals surface area (Å²) in [4.78, 5) is 0. The van der Waals surface area contributed by atoms with Crippen molar-refractivity contribution < 1.29 is 14.0 Å². The molecule has 0 saturated heterocycles. The lowest BCUT2D eigenvalue weighted by molar-refractivity contribution is -0.0497. The molecular weight excluding hydrogens is 356 g/mol. The number of rotatable bonds is 9. The SMILES string of the molecule is CC[C@H](O)C(C)(C)[C@H](CCO[Si](C)(C)C(C)(C)C)O[Si](C)(C)C(C)(C)C. The Kier molecular flexibility index (Phi) is 8.87. The van der Waals surface area contributed by atoms with Crippen LogP contribution in [0.1, 0.15) is 75.2 Å². The molecule has 0 aliphatic heterocycles. The van der Waals surface area contributed by atoms with Gasteiger partial charge in [0.1, 0.15) is 0 Å². The van der Waals surface area contributed by atoms with Gasteiger partial charge in [-0.25, -0.2) is 0 Å². The molecule has 1 N–H and O–H groups in total. The highest BCUT2D eigenvalue weighted by Crippen LogP contribution is 2.42. The molecule has 0 aromatic heterocycles. The molecule has 0 radical (unpaired) electrons. The van der Waals surface area contributed by atoms with Crippen molar-refractivity contribution in [2.24, 2.45) is 5.41 Å². The van der Waals surface area contributed by atoms with Crippen LogP contribution in [0.5, 0.6) is 0 Å². The Balaban J connectivity index is 5.37. The van der Waals surface area contributed by atoms with E-state index in [9.17, 15) is 5.11 Å². The molecule has 0 fully saturated rings. The second-order valence-electron chi connectivity index (χ2n) is 11.5. The summed E-state index contributed by atoms with van der Waals surface area (Å²) in [5, 5.41) is 11.0. The van der Waals surface area contributed by atoms with E-state index in [1.807, 2.05) is 6.92 Å². The van der Waals surface area contributed by atoms with Gasteiger partial charge in [-0.1, -0.05) is 62.3 Å². The highest BCUT2D eigenvalue weighted by atomic mass is 28.4. The Labute approximate surface area is 166 Å². The summed E-state index contributed by atoms with van der Waals surface area (Å²) in [5.41, 5.74) is -0.291. The monoisotopic (exact) mass is 404 g/mol. The summed E-state index contributed by atoms with van der Waals surface area (Å²) in [6.07, 6.45) is 1.21. The van der Waals surface area contributed by atoms with Crippen molar-refractivity contribution >= 4 is 16.6 Å². The van der Waals surface area contributed by atoms with Crippen LogP contribution in [0.2, 0.25) is 36.3 Å². The number of aliphatic hydroxyl groups excluding tert-OH is 1. The molecule has 0 aromatic rings. The van der Waals surface area contributed by atoms with Crippen LogP contribution in [0.3, 0.4) is 0 Å². The molecule has 0 heterocycles. The van der Waals surface area contributed by atoms with Crippen molar-refractivity contribution in [3.05, 3.63) is 0 Å². The van der Waals surface area contributed by atoms with Gasteiger partial charge in [-0.2, -0.15) is 0 Å². The van der Waals surface area contributed by atoms with Crippen molar-refractivity contribution in [1.29, 1.82) is 0 Å². The molecule has 2 atom stereocenters. The van der Waals surface area contributed by atoms with Gasteiger partial charge < -0.3 is 14.0 Å². The van der Waals surface area contributed by atoms with Gasteiger partial charge in [0.05, 0.1) is 12.2 Å². The van der Waals surface area contributed by atoms with Crippen molar-refractivity contribution in [1.82, 2.24) is 0 Å². The average molecular weight is 405 g/mol. The van der Waals surface area contributed by atoms with Crippen LogP contribution in [0.4, 0.5) is 0 Å². The van der Waals surface area contributed by atoms with Crippen LogP contribution in [-0.2, 0) is 8.85 Å². The van der Waals surface area contributed by atoms with Gasteiger partial charge in [0, 0.05) is 12.0 Å². The molecule has 0 saturated carbocycles. The third-order valence-corrected chi connectivity index (χ3v) is 16.0. The third kappa shape index (κ3) is 6.73. The molecule has 0 rings (SSSR count). The van der Waals surface area contributed by atoms with Crippen molar-refractivity contribution in [2.75, 3.05) is 6.61 Å². The summed E-state index contributed by atoms with van der Waals surface area (Å²) in [6.45, 7) is 29.8. The van der Waals surface area contributed by atoms with Gasteiger partial charge in [0.25, 0.3) is 0 Å². The van der Waals surface area contributed by atoms with Crippen LogP contribution < -0.4 is 0 Å². The molecule has 5 heteroatoms. The zero-order valence-corrected chi connectivity index (χ0v) is 22.0. The lowest BCUT2D eigenvalue weighted by atomic mass is 9.78. The second-order valence-corrected chi connectivity index (χ2v) is 21.1. The highest BCUT2D eigenvalue weighted by Gasteiger charge is 2.45. The quantitative estimate of drug-likeness (QED) is 0.441. The number of aliphatic hydroxyl groups is 1. The van der Waals surface area contributed by atoms with Crippen molar-refractivity contribution in [3.63, 3.8) is 0 Å². The minimum Gasteiger partial charge on any atom is -0.417 e. The van der Waals surface area contributed by atoms with E-state index in [4.69, 9.17) is 8.85 Å². The van der Waals surface area contributed by atoms with Crippen LogP contribution in [0.25, 0.3) is 0 Å². The second kappa shape index (κ2) is 8.77. The first-order valence-electron chi connectivity index (χ1n) is 10.3. The van der Waals surface area contributed by atoms with Crippen molar-refractivity contribution in [3.8, 4) is 0 Å². The zero-order valence-electron chi connectivity index (χ0n) is 20.0. The zero-order chi connectivity index (χ0) is 21.2. The molecule has 0 spiro atoms. The van der Waals surface area contributed by atoms with Gasteiger partial charge in [0.2, 0.25) is 0 Å². The fraction of sp³-hybridized carbons (Fsp3) is 1.00. The first-order valence-corrected chi connectivity index (χ1v) is 16.1. The summed E-state index contributed by atoms with van der Waals surface area (Å²) < 4.78 is 13.2. The molecule has 0 aliphatic carbocycles. The van der Waals surface area contributed by atoms with Gasteiger partial charge >= 0.3 is 0 Å². The van der Waals surface area contributed by atoms with Gasteiger partial charge in [-0.3, -0.25) is 0 Å². The van der Waals surface area contributed by atoms with E-state index in [1.54, 1.807) is 0 Å². The predicted molar refractivity (Wildman–Crippen MR) is 120 cm³/mol. The molecule has 0 aromatic carbocycles. The predicted octanol–water partition coefficient (Wildman–Crippen LogP) is 6.59. The fourth-order valence-electron chi connectivity index (χ4n) is 2.49. The fourth-order valence-corrected chi connectivity index (χ4v) is 5.04. The van der Waals surface area contributed by atoms with E-state index in [2.05, 4.69) is 81.6 Å². The standard InChI is InChI=1S/C21H48O3Si2/c1-14-17(22)21(8,9)18(24-26(12,13)20(5,6)7)15-16-23-25(10,11)19(2,3)4/h17-18,22H,14-16H2,1-13H3/t17-,18-/m0/s1. The number of hydrogen-bond acceptors (Lipinski definition) is 3. The Morgan fingerprint density at radius 1 is 0.808 bits per heavy atom. The minimum atomic E-state index is -1.92. The minimum absolute atomic E-state index is 0.00288. The van der Waals surface area contributed by atoms with Crippen molar-refractivity contribution in [2.45, 2.75) is 124 Å². The average Bonchev–Trinajstić information content (AvgIpc) is 2.42. The highest BCUT2D eigenvalue weighted by molar-refractivity contribution is 6.74. The maximum atomic E-state index is 10.6. The van der Waals surface area contributed by atoms with Crippen LogP contribution in [0, 0.1) is 5.41 Å².